The lowest BCUT2D eigenvalue weighted by Gasteiger charge is -2.18. The quantitative estimate of drug-likeness (QED) is 0.827. The summed E-state index contributed by atoms with van der Waals surface area (Å²) in [4.78, 5) is 29.0. The van der Waals surface area contributed by atoms with Crippen molar-refractivity contribution in [1.29, 1.82) is 0 Å². The van der Waals surface area contributed by atoms with Gasteiger partial charge in [0, 0.05) is 24.8 Å². The topological polar surface area (TPSA) is 83.6 Å². The van der Waals surface area contributed by atoms with Gasteiger partial charge in [0.25, 0.3) is 0 Å². The average Bonchev–Trinajstić information content (AvgIpc) is 2.61. The zero-order chi connectivity index (χ0) is 18.1. The monoisotopic (exact) mass is 362 g/mol. The lowest BCUT2D eigenvalue weighted by Crippen LogP contribution is -2.39. The fraction of sp³-hybridized carbons (Fsp3) is 0.235. The number of urea groups is 1. The van der Waals surface area contributed by atoms with Crippen LogP contribution < -0.4 is 10.6 Å². The van der Waals surface area contributed by atoms with Gasteiger partial charge in [0.05, 0.1) is 6.54 Å². The van der Waals surface area contributed by atoms with Gasteiger partial charge < -0.3 is 15.0 Å². The van der Waals surface area contributed by atoms with Gasteiger partial charge in [0.1, 0.15) is 12.4 Å². The number of anilines is 1. The minimum Gasteiger partial charge on any atom is -0.447 e. The minimum absolute atomic E-state index is 0.0642. The van der Waals surface area contributed by atoms with Gasteiger partial charge in [-0.15, -0.1) is 0 Å². The van der Waals surface area contributed by atoms with Crippen LogP contribution in [0.2, 0.25) is 5.02 Å². The molecule has 0 aliphatic carbocycles. The molecule has 0 bridgehead atoms. The molecule has 2 aromatic rings. The summed E-state index contributed by atoms with van der Waals surface area (Å²) >= 11 is 6.04. The maximum Gasteiger partial charge on any atom is 0.412 e. The Hall–Kier alpha value is -2.80. The summed E-state index contributed by atoms with van der Waals surface area (Å²) in [6.07, 6.45) is 0.941. The summed E-state index contributed by atoms with van der Waals surface area (Å²) < 4.78 is 5.02. The molecule has 0 aliphatic rings. The number of hydrogen-bond acceptors (Lipinski definition) is 4. The largest absolute Gasteiger partial charge is 0.447 e. The summed E-state index contributed by atoms with van der Waals surface area (Å²) in [5.41, 5.74) is 0.830. The normalized spacial score (nSPS) is 10.0. The number of rotatable bonds is 6. The number of carbonyl (C=O) groups is 2. The van der Waals surface area contributed by atoms with E-state index in [-0.39, 0.29) is 19.2 Å². The van der Waals surface area contributed by atoms with Gasteiger partial charge in [0.2, 0.25) is 0 Å². The zero-order valence-electron chi connectivity index (χ0n) is 13.7. The zero-order valence-corrected chi connectivity index (χ0v) is 14.5. The van der Waals surface area contributed by atoms with Crippen molar-refractivity contribution in [3.05, 3.63) is 59.2 Å². The first-order chi connectivity index (χ1) is 12.1. The Labute approximate surface area is 150 Å². The molecule has 2 rings (SSSR count). The van der Waals surface area contributed by atoms with Crippen LogP contribution in [0.4, 0.5) is 15.4 Å². The first kappa shape index (κ1) is 18.5. The Bertz CT molecular complexity index is 712. The maximum atomic E-state index is 12.0. The Morgan fingerprint density at radius 3 is 2.68 bits per heavy atom. The Balaban J connectivity index is 1.67. The number of halogens is 1. The highest BCUT2D eigenvalue weighted by Crippen LogP contribution is 2.14. The van der Waals surface area contributed by atoms with E-state index in [2.05, 4.69) is 15.6 Å². The van der Waals surface area contributed by atoms with Gasteiger partial charge in [-0.05, 0) is 23.8 Å². The van der Waals surface area contributed by atoms with Gasteiger partial charge >= 0.3 is 12.1 Å². The Morgan fingerprint density at radius 2 is 1.96 bits per heavy atom. The van der Waals surface area contributed by atoms with E-state index in [0.29, 0.717) is 17.4 Å². The van der Waals surface area contributed by atoms with Gasteiger partial charge in [-0.2, -0.15) is 0 Å². The molecule has 132 valence electrons. The highest BCUT2D eigenvalue weighted by Gasteiger charge is 2.10. The van der Waals surface area contributed by atoms with E-state index in [1.54, 1.807) is 37.5 Å². The summed E-state index contributed by atoms with van der Waals surface area (Å²) in [5, 5.41) is 5.84. The van der Waals surface area contributed by atoms with E-state index in [4.69, 9.17) is 16.3 Å². The van der Waals surface area contributed by atoms with Crippen LogP contribution in [-0.2, 0) is 11.3 Å². The van der Waals surface area contributed by atoms with E-state index in [1.807, 2.05) is 18.2 Å². The molecule has 0 saturated heterocycles. The van der Waals surface area contributed by atoms with Crippen molar-refractivity contribution in [3.8, 4) is 0 Å². The number of pyridine rings is 1. The van der Waals surface area contributed by atoms with Crippen LogP contribution in [0, 0.1) is 0 Å². The van der Waals surface area contributed by atoms with Gasteiger partial charge in [-0.25, -0.2) is 14.6 Å². The number of hydrogen-bond donors (Lipinski definition) is 2. The number of amides is 3. The number of aromatic nitrogens is 1. The van der Waals surface area contributed by atoms with E-state index < -0.39 is 6.09 Å². The SMILES string of the molecule is CN(CCOC(=O)Nc1ccccn1)C(=O)NCc1ccccc1Cl. The maximum absolute atomic E-state index is 12.0. The number of nitrogens with one attached hydrogen (secondary N) is 2. The third-order valence-electron chi connectivity index (χ3n) is 3.29. The van der Waals surface area contributed by atoms with E-state index in [9.17, 15) is 9.59 Å². The summed E-state index contributed by atoms with van der Waals surface area (Å²) in [6, 6.07) is 12.1. The van der Waals surface area contributed by atoms with Crippen molar-refractivity contribution >= 4 is 29.5 Å². The number of nitrogens with zero attached hydrogens (tertiary/aromatic N) is 2. The van der Waals surface area contributed by atoms with Crippen molar-refractivity contribution in [2.75, 3.05) is 25.5 Å². The summed E-state index contributed by atoms with van der Waals surface area (Å²) in [5.74, 6) is 0.401. The molecule has 1 heterocycles. The Kier molecular flexibility index (Phi) is 7.03. The van der Waals surface area contributed by atoms with Crippen LogP contribution in [0.1, 0.15) is 5.56 Å². The fourth-order valence-electron chi connectivity index (χ4n) is 1.90. The molecule has 0 unspecified atom stereocenters. The van der Waals surface area contributed by atoms with Crippen molar-refractivity contribution < 1.29 is 14.3 Å². The minimum atomic E-state index is -0.622. The molecule has 1 aromatic carbocycles. The molecule has 0 fully saturated rings. The van der Waals surface area contributed by atoms with E-state index in [0.717, 1.165) is 5.56 Å². The molecule has 7 nitrogen and oxygen atoms in total. The van der Waals surface area contributed by atoms with E-state index in [1.165, 1.54) is 4.90 Å². The van der Waals surface area contributed by atoms with Gasteiger partial charge in [0.15, 0.2) is 0 Å². The molecule has 0 radical (unpaired) electrons. The third-order valence-corrected chi connectivity index (χ3v) is 3.66. The fourth-order valence-corrected chi connectivity index (χ4v) is 2.10. The molecule has 2 N–H and O–H groups in total. The first-order valence-corrected chi connectivity index (χ1v) is 8.01. The van der Waals surface area contributed by atoms with Gasteiger partial charge in [-0.1, -0.05) is 35.9 Å². The van der Waals surface area contributed by atoms with Crippen LogP contribution in [0.3, 0.4) is 0 Å². The predicted molar refractivity (Wildman–Crippen MR) is 95.5 cm³/mol. The van der Waals surface area contributed by atoms with Crippen LogP contribution in [0.25, 0.3) is 0 Å². The molecule has 0 saturated carbocycles. The summed E-state index contributed by atoms with van der Waals surface area (Å²) in [6.45, 7) is 0.641. The summed E-state index contributed by atoms with van der Waals surface area (Å²) in [7, 11) is 1.61. The van der Waals surface area contributed by atoms with Crippen LogP contribution in [0.15, 0.2) is 48.7 Å². The molecular formula is C17H19ClN4O3. The molecule has 8 heteroatoms. The second kappa shape index (κ2) is 9.48. The van der Waals surface area contributed by atoms with Crippen LogP contribution in [0.5, 0.6) is 0 Å². The lowest BCUT2D eigenvalue weighted by molar-refractivity contribution is 0.146. The number of ether oxygens (including phenoxy) is 1. The molecule has 25 heavy (non-hydrogen) atoms. The second-order valence-corrected chi connectivity index (χ2v) is 5.55. The van der Waals surface area contributed by atoms with Crippen molar-refractivity contribution in [2.24, 2.45) is 0 Å². The molecule has 0 spiro atoms. The Morgan fingerprint density at radius 1 is 1.20 bits per heavy atom. The first-order valence-electron chi connectivity index (χ1n) is 7.63. The highest BCUT2D eigenvalue weighted by atomic mass is 35.5. The average molecular weight is 363 g/mol. The predicted octanol–water partition coefficient (Wildman–Crippen LogP) is 3.13. The van der Waals surface area contributed by atoms with Gasteiger partial charge in [-0.3, -0.25) is 5.32 Å². The molecular weight excluding hydrogens is 344 g/mol. The molecule has 3 amide bonds. The van der Waals surface area contributed by atoms with Crippen molar-refractivity contribution in [1.82, 2.24) is 15.2 Å². The molecule has 0 aliphatic heterocycles. The number of carbonyl (C=O) groups excluding carboxylic acids is 2. The third kappa shape index (κ3) is 6.31. The second-order valence-electron chi connectivity index (χ2n) is 5.15. The van der Waals surface area contributed by atoms with Crippen LogP contribution in [-0.4, -0.2) is 42.2 Å². The standard InChI is InChI=1S/C17H19ClN4O3/c1-22(16(23)20-12-13-6-2-3-7-14(13)18)10-11-25-17(24)21-15-8-4-5-9-19-15/h2-9H,10-12H2,1H3,(H,20,23)(H,19,21,24). The van der Waals surface area contributed by atoms with Crippen molar-refractivity contribution in [2.45, 2.75) is 6.54 Å². The van der Waals surface area contributed by atoms with E-state index >= 15 is 0 Å². The number of likely N-dealkylation sites (N-methyl/N-ethyl adjacent to an activating group) is 1. The lowest BCUT2D eigenvalue weighted by atomic mass is 10.2. The smallest absolute Gasteiger partial charge is 0.412 e. The highest BCUT2D eigenvalue weighted by molar-refractivity contribution is 6.31. The molecule has 0 atom stereocenters. The van der Waals surface area contributed by atoms with Crippen molar-refractivity contribution in [3.63, 3.8) is 0 Å². The number of benzene rings is 1. The van der Waals surface area contributed by atoms with Crippen LogP contribution >= 0.6 is 11.6 Å². The molecule has 1 aromatic heterocycles.